The van der Waals surface area contributed by atoms with Gasteiger partial charge in [-0.3, -0.25) is 4.79 Å². The van der Waals surface area contributed by atoms with Gasteiger partial charge >= 0.3 is 0 Å². The Bertz CT molecular complexity index is 514. The lowest BCUT2D eigenvalue weighted by Crippen LogP contribution is -2.23. The molecule has 1 aromatic rings. The van der Waals surface area contributed by atoms with Gasteiger partial charge in [0, 0.05) is 6.42 Å². The summed E-state index contributed by atoms with van der Waals surface area (Å²) in [6.45, 7) is 0. The maximum absolute atomic E-state index is 12.0. The molecule has 1 saturated carbocycles. The molecule has 0 aliphatic heterocycles. The van der Waals surface area contributed by atoms with E-state index < -0.39 is 9.84 Å². The second-order valence-electron chi connectivity index (χ2n) is 5.41. The average molecular weight is 280 g/mol. The monoisotopic (exact) mass is 280 g/mol. The minimum Gasteiger partial charge on any atom is -0.298 e. The SMILES string of the molecule is O=C(Cc1ccccc1)CS(=O)(=O)CC1CCCC1. The van der Waals surface area contributed by atoms with Gasteiger partial charge in [-0.25, -0.2) is 8.42 Å². The molecule has 0 atom stereocenters. The molecule has 19 heavy (non-hydrogen) atoms. The Balaban J connectivity index is 1.87. The van der Waals surface area contributed by atoms with Crippen molar-refractivity contribution < 1.29 is 13.2 Å². The van der Waals surface area contributed by atoms with Crippen molar-refractivity contribution in [2.24, 2.45) is 5.92 Å². The van der Waals surface area contributed by atoms with Crippen molar-refractivity contribution in [1.82, 2.24) is 0 Å². The van der Waals surface area contributed by atoms with E-state index in [1.165, 1.54) is 0 Å². The Morgan fingerprint density at radius 3 is 2.37 bits per heavy atom. The van der Waals surface area contributed by atoms with Gasteiger partial charge in [0.1, 0.15) is 5.75 Å². The van der Waals surface area contributed by atoms with Crippen LogP contribution in [0.25, 0.3) is 0 Å². The van der Waals surface area contributed by atoms with Crippen molar-refractivity contribution in [3.8, 4) is 0 Å². The first kappa shape index (κ1) is 14.3. The number of hydrogen-bond acceptors (Lipinski definition) is 3. The normalized spacial score (nSPS) is 16.6. The topological polar surface area (TPSA) is 51.2 Å². The number of carbonyl (C=O) groups excluding carboxylic acids is 1. The van der Waals surface area contributed by atoms with E-state index in [9.17, 15) is 13.2 Å². The standard InChI is InChI=1S/C15H20O3S/c16-15(10-13-6-2-1-3-7-13)12-19(17,18)11-14-8-4-5-9-14/h1-3,6-7,14H,4-5,8-12H2. The number of Topliss-reactive ketones (excluding diaryl/α,β-unsaturated/α-hetero) is 1. The molecule has 4 heteroatoms. The van der Waals surface area contributed by atoms with Crippen LogP contribution in [0.1, 0.15) is 31.2 Å². The second-order valence-corrected chi connectivity index (χ2v) is 7.52. The van der Waals surface area contributed by atoms with Crippen LogP contribution in [0, 0.1) is 5.92 Å². The van der Waals surface area contributed by atoms with E-state index in [0.717, 1.165) is 31.2 Å². The van der Waals surface area contributed by atoms with Crippen LogP contribution in [0.2, 0.25) is 0 Å². The molecule has 0 saturated heterocycles. The third kappa shape index (κ3) is 4.78. The molecular formula is C15H20O3S. The molecule has 104 valence electrons. The molecule has 0 heterocycles. The molecule has 1 fully saturated rings. The fourth-order valence-corrected chi connectivity index (χ4v) is 4.48. The fraction of sp³-hybridized carbons (Fsp3) is 0.533. The van der Waals surface area contributed by atoms with Gasteiger partial charge in [0.2, 0.25) is 0 Å². The van der Waals surface area contributed by atoms with Crippen LogP contribution in [-0.2, 0) is 21.1 Å². The quantitative estimate of drug-likeness (QED) is 0.804. The van der Waals surface area contributed by atoms with Crippen LogP contribution in [0.4, 0.5) is 0 Å². The summed E-state index contributed by atoms with van der Waals surface area (Å²) in [6.07, 6.45) is 4.44. The van der Waals surface area contributed by atoms with Gasteiger partial charge in [-0.05, 0) is 24.3 Å². The predicted molar refractivity (Wildman–Crippen MR) is 75.8 cm³/mol. The van der Waals surface area contributed by atoms with E-state index in [0.29, 0.717) is 0 Å². The van der Waals surface area contributed by atoms with Gasteiger partial charge in [-0.2, -0.15) is 0 Å². The lowest BCUT2D eigenvalue weighted by molar-refractivity contribution is -0.116. The lowest BCUT2D eigenvalue weighted by Gasteiger charge is -2.09. The van der Waals surface area contributed by atoms with Gasteiger partial charge in [-0.15, -0.1) is 0 Å². The average Bonchev–Trinajstić information content (AvgIpc) is 2.81. The zero-order chi connectivity index (χ0) is 13.7. The zero-order valence-electron chi connectivity index (χ0n) is 11.0. The van der Waals surface area contributed by atoms with Gasteiger partial charge in [0.25, 0.3) is 0 Å². The minimum absolute atomic E-state index is 0.188. The summed E-state index contributed by atoms with van der Waals surface area (Å²) < 4.78 is 23.9. The molecule has 0 amide bonds. The van der Waals surface area contributed by atoms with E-state index in [4.69, 9.17) is 0 Å². The van der Waals surface area contributed by atoms with Crippen molar-refractivity contribution in [2.75, 3.05) is 11.5 Å². The van der Waals surface area contributed by atoms with Crippen LogP contribution in [0.15, 0.2) is 30.3 Å². The summed E-state index contributed by atoms with van der Waals surface area (Å²) >= 11 is 0. The summed E-state index contributed by atoms with van der Waals surface area (Å²) in [6, 6.07) is 9.29. The fourth-order valence-electron chi connectivity index (χ4n) is 2.71. The Labute approximate surface area is 114 Å². The summed E-state index contributed by atoms with van der Waals surface area (Å²) in [4.78, 5) is 11.8. The molecule has 0 spiro atoms. The van der Waals surface area contributed by atoms with Crippen LogP contribution in [0.3, 0.4) is 0 Å². The highest BCUT2D eigenvalue weighted by Crippen LogP contribution is 2.26. The van der Waals surface area contributed by atoms with Crippen molar-refractivity contribution in [3.63, 3.8) is 0 Å². The summed E-state index contributed by atoms with van der Waals surface area (Å²) in [5.41, 5.74) is 0.878. The van der Waals surface area contributed by atoms with Crippen molar-refractivity contribution in [1.29, 1.82) is 0 Å². The summed E-state index contributed by atoms with van der Waals surface area (Å²) in [5.74, 6) is -0.0509. The molecule has 1 aliphatic rings. The van der Waals surface area contributed by atoms with Crippen molar-refractivity contribution in [2.45, 2.75) is 32.1 Å². The third-order valence-electron chi connectivity index (χ3n) is 3.59. The Morgan fingerprint density at radius 2 is 1.74 bits per heavy atom. The third-order valence-corrected chi connectivity index (χ3v) is 5.33. The van der Waals surface area contributed by atoms with Crippen LogP contribution < -0.4 is 0 Å². The molecule has 3 nitrogen and oxygen atoms in total. The smallest absolute Gasteiger partial charge is 0.157 e. The highest BCUT2D eigenvalue weighted by atomic mass is 32.2. The van der Waals surface area contributed by atoms with Gasteiger partial charge < -0.3 is 0 Å². The Hall–Kier alpha value is -1.16. The zero-order valence-corrected chi connectivity index (χ0v) is 11.9. The van der Waals surface area contributed by atoms with E-state index >= 15 is 0 Å². The lowest BCUT2D eigenvalue weighted by atomic mass is 10.1. The predicted octanol–water partition coefficient (Wildman–Crippen LogP) is 2.40. The number of rotatable bonds is 6. The summed E-state index contributed by atoms with van der Waals surface area (Å²) in [7, 11) is -3.23. The van der Waals surface area contributed by atoms with Crippen LogP contribution in [0.5, 0.6) is 0 Å². The van der Waals surface area contributed by atoms with E-state index in [2.05, 4.69) is 0 Å². The highest BCUT2D eigenvalue weighted by Gasteiger charge is 2.24. The van der Waals surface area contributed by atoms with Gasteiger partial charge in [0.05, 0.1) is 5.75 Å². The number of sulfone groups is 1. The molecule has 1 aromatic carbocycles. The number of hydrogen-bond donors (Lipinski definition) is 0. The maximum Gasteiger partial charge on any atom is 0.157 e. The van der Waals surface area contributed by atoms with Crippen molar-refractivity contribution in [3.05, 3.63) is 35.9 Å². The summed E-state index contributed by atoms with van der Waals surface area (Å²) in [5, 5.41) is 0. The maximum atomic E-state index is 12.0. The first-order valence-electron chi connectivity index (χ1n) is 6.81. The van der Waals surface area contributed by atoms with Crippen LogP contribution in [-0.4, -0.2) is 25.7 Å². The first-order valence-corrected chi connectivity index (χ1v) is 8.63. The van der Waals surface area contributed by atoms with E-state index in [1.807, 2.05) is 30.3 Å². The highest BCUT2D eigenvalue weighted by molar-refractivity contribution is 7.92. The Morgan fingerprint density at radius 1 is 1.11 bits per heavy atom. The van der Waals surface area contributed by atoms with E-state index in [-0.39, 0.29) is 29.6 Å². The molecule has 0 radical (unpaired) electrons. The molecule has 0 aromatic heterocycles. The molecule has 0 bridgehead atoms. The molecule has 2 rings (SSSR count). The van der Waals surface area contributed by atoms with Gasteiger partial charge in [0.15, 0.2) is 15.6 Å². The molecule has 0 unspecified atom stereocenters. The number of benzene rings is 1. The largest absolute Gasteiger partial charge is 0.298 e. The second kappa shape index (κ2) is 6.33. The number of carbonyl (C=O) groups is 1. The minimum atomic E-state index is -3.23. The first-order chi connectivity index (χ1) is 9.05. The van der Waals surface area contributed by atoms with E-state index in [1.54, 1.807) is 0 Å². The molecule has 0 N–H and O–H groups in total. The van der Waals surface area contributed by atoms with Gasteiger partial charge in [-0.1, -0.05) is 43.2 Å². The molecule has 1 aliphatic carbocycles. The van der Waals surface area contributed by atoms with Crippen LogP contribution >= 0.6 is 0 Å². The molecular weight excluding hydrogens is 260 g/mol. The Kier molecular flexibility index (Phi) is 4.75. The number of ketones is 1. The van der Waals surface area contributed by atoms with Crippen molar-refractivity contribution >= 4 is 15.6 Å².